The summed E-state index contributed by atoms with van der Waals surface area (Å²) in [6.45, 7) is 9.65. The molecule has 0 N–H and O–H groups in total. The molecule has 1 amide bonds. The molecule has 0 bridgehead atoms. The molecule has 36 heavy (non-hydrogen) atoms. The van der Waals surface area contributed by atoms with Crippen molar-refractivity contribution in [1.82, 2.24) is 19.8 Å². The standard InChI is InChI=1S/C26H32F3N5O2/c1-18-11-33(22-30-9-21(10-31-22)26(27,28)29)12-19(2)34(18)23(35)36-24(3)14-25(15-24)16-32(17-25)13-20-7-5-4-6-8-20/h4-10,18-19H,11-17H2,1-3H3/t18-,19+. The summed E-state index contributed by atoms with van der Waals surface area (Å²) in [4.78, 5) is 27.0. The van der Waals surface area contributed by atoms with Crippen molar-refractivity contribution in [3.05, 3.63) is 53.9 Å². The van der Waals surface area contributed by atoms with Crippen molar-refractivity contribution in [2.45, 2.75) is 64.0 Å². The Hall–Kier alpha value is -2.88. The van der Waals surface area contributed by atoms with E-state index in [1.807, 2.05) is 31.7 Å². The highest BCUT2D eigenvalue weighted by atomic mass is 19.4. The third-order valence-electron chi connectivity index (χ3n) is 7.58. The second-order valence-corrected chi connectivity index (χ2v) is 11.1. The van der Waals surface area contributed by atoms with Crippen LogP contribution in [0.5, 0.6) is 0 Å². The van der Waals surface area contributed by atoms with Gasteiger partial charge in [-0.3, -0.25) is 9.80 Å². The summed E-state index contributed by atoms with van der Waals surface area (Å²) in [7, 11) is 0. The summed E-state index contributed by atoms with van der Waals surface area (Å²) in [6.07, 6.45) is -1.49. The first-order valence-corrected chi connectivity index (χ1v) is 12.4. The zero-order chi connectivity index (χ0) is 25.7. The molecule has 3 aliphatic rings. The molecule has 1 aliphatic carbocycles. The van der Waals surface area contributed by atoms with Crippen molar-refractivity contribution in [3.8, 4) is 0 Å². The van der Waals surface area contributed by atoms with Crippen molar-refractivity contribution in [3.63, 3.8) is 0 Å². The van der Waals surface area contributed by atoms with Gasteiger partial charge < -0.3 is 9.64 Å². The molecule has 1 aromatic carbocycles. The number of hydrogen-bond acceptors (Lipinski definition) is 6. The number of halogens is 3. The van der Waals surface area contributed by atoms with Gasteiger partial charge in [-0.2, -0.15) is 13.2 Å². The summed E-state index contributed by atoms with van der Waals surface area (Å²) in [5.41, 5.74) is 0.197. The molecular formula is C26H32F3N5O2. The Labute approximate surface area is 209 Å². The Kier molecular flexibility index (Phi) is 6.13. The van der Waals surface area contributed by atoms with Crippen LogP contribution in [0.25, 0.3) is 0 Å². The van der Waals surface area contributed by atoms with Crippen LogP contribution in [-0.4, -0.2) is 69.7 Å². The lowest BCUT2D eigenvalue weighted by Crippen LogP contribution is -2.68. The van der Waals surface area contributed by atoms with Crippen LogP contribution in [-0.2, 0) is 17.5 Å². The second kappa shape index (κ2) is 8.90. The van der Waals surface area contributed by atoms with Crippen molar-refractivity contribution in [2.75, 3.05) is 31.1 Å². The highest BCUT2D eigenvalue weighted by Gasteiger charge is 2.60. The largest absolute Gasteiger partial charge is 0.443 e. The number of hydrogen-bond donors (Lipinski definition) is 0. The molecule has 7 nitrogen and oxygen atoms in total. The first-order valence-electron chi connectivity index (χ1n) is 12.4. The number of amides is 1. The van der Waals surface area contributed by atoms with E-state index in [0.717, 1.165) is 44.9 Å². The van der Waals surface area contributed by atoms with Gasteiger partial charge in [-0.15, -0.1) is 0 Å². The average molecular weight is 504 g/mol. The Balaban J connectivity index is 1.13. The lowest BCUT2D eigenvalue weighted by Gasteiger charge is -2.63. The number of nitrogens with zero attached hydrogens (tertiary/aromatic N) is 5. The van der Waals surface area contributed by atoms with Gasteiger partial charge in [0, 0.05) is 50.5 Å². The molecule has 3 heterocycles. The Morgan fingerprint density at radius 1 is 1.06 bits per heavy atom. The zero-order valence-corrected chi connectivity index (χ0v) is 20.8. The van der Waals surface area contributed by atoms with Crippen LogP contribution in [0, 0.1) is 5.41 Å². The first-order chi connectivity index (χ1) is 17.0. The number of aromatic nitrogens is 2. The summed E-state index contributed by atoms with van der Waals surface area (Å²) >= 11 is 0. The third kappa shape index (κ3) is 4.87. The molecule has 1 saturated carbocycles. The molecule has 2 atom stereocenters. The van der Waals surface area contributed by atoms with Gasteiger partial charge in [0.2, 0.25) is 5.95 Å². The van der Waals surface area contributed by atoms with E-state index in [9.17, 15) is 18.0 Å². The van der Waals surface area contributed by atoms with Crippen molar-refractivity contribution < 1.29 is 22.7 Å². The smallest absolute Gasteiger partial charge is 0.419 e. The molecule has 1 aromatic heterocycles. The van der Waals surface area contributed by atoms with E-state index < -0.39 is 17.3 Å². The molecular weight excluding hydrogens is 471 g/mol. The minimum atomic E-state index is -4.47. The van der Waals surface area contributed by atoms with Crippen molar-refractivity contribution in [2.24, 2.45) is 5.41 Å². The normalized spacial score (nSPS) is 25.3. The van der Waals surface area contributed by atoms with Crippen LogP contribution in [0.1, 0.15) is 44.7 Å². The van der Waals surface area contributed by atoms with Crippen LogP contribution in [0.3, 0.4) is 0 Å². The highest BCUT2D eigenvalue weighted by molar-refractivity contribution is 5.70. The predicted molar refractivity (Wildman–Crippen MR) is 128 cm³/mol. The van der Waals surface area contributed by atoms with Gasteiger partial charge in [0.1, 0.15) is 5.60 Å². The fourth-order valence-corrected chi connectivity index (χ4v) is 6.43. The van der Waals surface area contributed by atoms with Crippen LogP contribution in [0.4, 0.5) is 23.9 Å². The lowest BCUT2D eigenvalue weighted by atomic mass is 9.55. The van der Waals surface area contributed by atoms with Gasteiger partial charge in [0.25, 0.3) is 0 Å². The van der Waals surface area contributed by atoms with E-state index in [1.54, 1.807) is 4.90 Å². The van der Waals surface area contributed by atoms with Crippen LogP contribution in [0.15, 0.2) is 42.7 Å². The summed E-state index contributed by atoms with van der Waals surface area (Å²) in [5, 5.41) is 0. The SMILES string of the molecule is C[C@@H]1CN(c2ncc(C(F)(F)F)cn2)C[C@H](C)N1C(=O)OC1(C)CC2(CN(Cc3ccccc3)C2)C1. The summed E-state index contributed by atoms with van der Waals surface area (Å²) in [5.74, 6) is 0.229. The maximum Gasteiger partial charge on any atom is 0.419 e. The van der Waals surface area contributed by atoms with E-state index in [0.29, 0.717) is 13.1 Å². The molecule has 10 heteroatoms. The summed E-state index contributed by atoms with van der Waals surface area (Å²) in [6, 6.07) is 10.0. The summed E-state index contributed by atoms with van der Waals surface area (Å²) < 4.78 is 44.5. The number of benzene rings is 1. The molecule has 3 fully saturated rings. The molecule has 2 aliphatic heterocycles. The van der Waals surface area contributed by atoms with Crippen molar-refractivity contribution >= 4 is 12.0 Å². The monoisotopic (exact) mass is 503 g/mol. The number of likely N-dealkylation sites (tertiary alicyclic amines) is 1. The Bertz CT molecular complexity index is 1070. The van der Waals surface area contributed by atoms with Crippen LogP contribution >= 0.6 is 0 Å². The van der Waals surface area contributed by atoms with E-state index in [-0.39, 0.29) is 29.5 Å². The third-order valence-corrected chi connectivity index (χ3v) is 7.58. The van der Waals surface area contributed by atoms with Gasteiger partial charge in [-0.25, -0.2) is 14.8 Å². The second-order valence-electron chi connectivity index (χ2n) is 11.1. The minimum Gasteiger partial charge on any atom is -0.443 e. The molecule has 194 valence electrons. The average Bonchev–Trinajstić information content (AvgIpc) is 2.76. The number of carbonyl (C=O) groups is 1. The van der Waals surface area contributed by atoms with Crippen LogP contribution in [0.2, 0.25) is 0 Å². The molecule has 2 saturated heterocycles. The molecule has 5 rings (SSSR count). The van der Waals surface area contributed by atoms with E-state index in [2.05, 4.69) is 39.1 Å². The quantitative estimate of drug-likeness (QED) is 0.609. The van der Waals surface area contributed by atoms with Gasteiger partial charge in [-0.1, -0.05) is 30.3 Å². The predicted octanol–water partition coefficient (Wildman–Crippen LogP) is 4.59. The first kappa shape index (κ1) is 24.8. The zero-order valence-electron chi connectivity index (χ0n) is 20.8. The molecule has 1 spiro atoms. The number of carbonyl (C=O) groups excluding carboxylic acids is 1. The Morgan fingerprint density at radius 2 is 1.64 bits per heavy atom. The number of piperazine rings is 1. The Morgan fingerprint density at radius 3 is 2.19 bits per heavy atom. The molecule has 0 unspecified atom stereocenters. The molecule has 2 aromatic rings. The maximum atomic E-state index is 13.2. The highest BCUT2D eigenvalue weighted by Crippen LogP contribution is 2.56. The fourth-order valence-electron chi connectivity index (χ4n) is 6.43. The lowest BCUT2D eigenvalue weighted by molar-refractivity contribution is -0.187. The number of anilines is 1. The topological polar surface area (TPSA) is 61.8 Å². The number of rotatable bonds is 4. The minimum absolute atomic E-state index is 0.199. The van der Waals surface area contributed by atoms with E-state index in [1.165, 1.54) is 5.56 Å². The van der Waals surface area contributed by atoms with E-state index >= 15 is 0 Å². The van der Waals surface area contributed by atoms with Gasteiger partial charge >= 0.3 is 12.3 Å². The molecule has 0 radical (unpaired) electrons. The van der Waals surface area contributed by atoms with Crippen LogP contribution < -0.4 is 4.90 Å². The van der Waals surface area contributed by atoms with Gasteiger partial charge in [0.05, 0.1) is 17.6 Å². The maximum absolute atomic E-state index is 13.2. The van der Waals surface area contributed by atoms with E-state index in [4.69, 9.17) is 4.74 Å². The fraction of sp³-hybridized carbons (Fsp3) is 0.577. The van der Waals surface area contributed by atoms with Crippen molar-refractivity contribution in [1.29, 1.82) is 0 Å². The number of alkyl halides is 3. The van der Waals surface area contributed by atoms with Gasteiger partial charge in [-0.05, 0) is 39.2 Å². The van der Waals surface area contributed by atoms with Gasteiger partial charge in [0.15, 0.2) is 0 Å². The number of ether oxygens (including phenoxy) is 1.